The van der Waals surface area contributed by atoms with E-state index in [0.29, 0.717) is 22.6 Å². The van der Waals surface area contributed by atoms with E-state index in [4.69, 9.17) is 0 Å². The summed E-state index contributed by atoms with van der Waals surface area (Å²) in [6.45, 7) is 1.07. The predicted molar refractivity (Wildman–Crippen MR) is 91.7 cm³/mol. The van der Waals surface area contributed by atoms with E-state index in [0.717, 1.165) is 5.32 Å². The van der Waals surface area contributed by atoms with Crippen LogP contribution in [-0.4, -0.2) is 54.5 Å². The molecule has 1 aliphatic carbocycles. The summed E-state index contributed by atoms with van der Waals surface area (Å²) in [5.74, 6) is -41.7. The van der Waals surface area contributed by atoms with Crippen LogP contribution in [0.5, 0.6) is 0 Å². The average Bonchev–Trinajstić information content (AvgIpc) is 3.27. The van der Waals surface area contributed by atoms with Crippen molar-refractivity contribution in [2.45, 2.75) is 62.2 Å². The topological polar surface area (TPSA) is 55.4 Å². The van der Waals surface area contributed by atoms with Crippen molar-refractivity contribution in [3.8, 4) is 0 Å². The van der Waals surface area contributed by atoms with Crippen molar-refractivity contribution < 1.29 is 67.0 Å². The van der Waals surface area contributed by atoms with E-state index in [1.54, 1.807) is 0 Å². The molecule has 194 valence electrons. The molecule has 0 saturated heterocycles. The zero-order chi connectivity index (χ0) is 26.5. The highest BCUT2D eigenvalue weighted by molar-refractivity contribution is 7.17. The van der Waals surface area contributed by atoms with Crippen LogP contribution < -0.4 is 5.32 Å². The van der Waals surface area contributed by atoms with E-state index in [1.807, 2.05) is 0 Å². The molecular weight excluding hydrogens is 526 g/mol. The van der Waals surface area contributed by atoms with Crippen LogP contribution in [0.25, 0.3) is 0 Å². The molecule has 0 atom stereocenters. The first kappa shape index (κ1) is 28.0. The molecule has 4 nitrogen and oxygen atoms in total. The maximum absolute atomic E-state index is 14.1. The number of anilines is 1. The van der Waals surface area contributed by atoms with Gasteiger partial charge >= 0.3 is 47.9 Å². The van der Waals surface area contributed by atoms with Gasteiger partial charge in [0, 0.05) is 4.88 Å². The summed E-state index contributed by atoms with van der Waals surface area (Å²) in [6.07, 6.45) is -4.76. The van der Waals surface area contributed by atoms with Gasteiger partial charge in [0.15, 0.2) is 0 Å². The fourth-order valence-electron chi connectivity index (χ4n) is 2.98. The number of halogens is 12. The molecule has 0 fully saturated rings. The molecule has 0 aliphatic heterocycles. The van der Waals surface area contributed by atoms with Gasteiger partial charge in [0.25, 0.3) is 0 Å². The molecule has 0 unspecified atom stereocenters. The van der Waals surface area contributed by atoms with Crippen molar-refractivity contribution in [1.29, 1.82) is 0 Å². The summed E-state index contributed by atoms with van der Waals surface area (Å²) >= 11 is 0.413. The Balaban J connectivity index is 2.46. The predicted octanol–water partition coefficient (Wildman–Crippen LogP) is 5.79. The first-order valence-electron chi connectivity index (χ1n) is 9.09. The Bertz CT molecular complexity index is 960. The Labute approximate surface area is 186 Å². The standard InChI is InChI=1S/C17H13F12NO3S/c1-2-33-10(31)8-6-4-3-5-7(6)34-9(8)30-12(32)14(22,23)16(26,27)17(28,29)15(24,25)13(20,21)11(18)19/h11H,2-5H2,1H3,(H,30,32). The Morgan fingerprint density at radius 2 is 1.50 bits per heavy atom. The summed E-state index contributed by atoms with van der Waals surface area (Å²) in [5, 5.41) is 0.181. The van der Waals surface area contributed by atoms with Gasteiger partial charge in [-0.1, -0.05) is 0 Å². The molecule has 1 aromatic rings. The fourth-order valence-corrected chi connectivity index (χ4v) is 4.25. The summed E-state index contributed by atoms with van der Waals surface area (Å²) in [5.41, 5.74) is -0.379. The number of alkyl halides is 12. The van der Waals surface area contributed by atoms with Crippen LogP contribution in [0.2, 0.25) is 0 Å². The Kier molecular flexibility index (Phi) is 7.24. The highest BCUT2D eigenvalue weighted by Gasteiger charge is 2.89. The van der Waals surface area contributed by atoms with Crippen LogP contribution in [0, 0.1) is 0 Å². The molecule has 1 aromatic heterocycles. The smallest absolute Gasteiger partial charge is 0.393 e. The quantitative estimate of drug-likeness (QED) is 0.319. The minimum absolute atomic E-state index is 0.162. The normalized spacial score (nSPS) is 15.5. The lowest BCUT2D eigenvalue weighted by Crippen LogP contribution is -2.70. The summed E-state index contributed by atoms with van der Waals surface area (Å²) in [6, 6.07) is 0. The number of aryl methyl sites for hydroxylation is 1. The number of amides is 1. The van der Waals surface area contributed by atoms with Crippen molar-refractivity contribution in [1.82, 2.24) is 0 Å². The third-order valence-corrected chi connectivity index (χ3v) is 6.00. The lowest BCUT2D eigenvalue weighted by Gasteiger charge is -2.38. The van der Waals surface area contributed by atoms with Crippen molar-refractivity contribution >= 4 is 28.2 Å². The van der Waals surface area contributed by atoms with Crippen molar-refractivity contribution in [3.63, 3.8) is 0 Å². The summed E-state index contributed by atoms with van der Waals surface area (Å²) in [4.78, 5) is 24.2. The number of fused-ring (bicyclic) bond motifs is 1. The van der Waals surface area contributed by atoms with Crippen molar-refractivity contribution in [3.05, 3.63) is 16.0 Å². The Morgan fingerprint density at radius 3 is 2.00 bits per heavy atom. The third-order valence-electron chi connectivity index (χ3n) is 4.79. The van der Waals surface area contributed by atoms with Gasteiger partial charge in [0.2, 0.25) is 0 Å². The molecule has 0 aromatic carbocycles. The molecular formula is C17H13F12NO3S. The number of rotatable bonds is 9. The third kappa shape index (κ3) is 3.98. The van der Waals surface area contributed by atoms with E-state index >= 15 is 0 Å². The van der Waals surface area contributed by atoms with Gasteiger partial charge in [-0.15, -0.1) is 11.3 Å². The lowest BCUT2D eigenvalue weighted by molar-refractivity contribution is -0.406. The number of hydrogen-bond acceptors (Lipinski definition) is 4. The maximum Gasteiger partial charge on any atom is 0.393 e. The Morgan fingerprint density at radius 1 is 0.941 bits per heavy atom. The number of esters is 1. The van der Waals surface area contributed by atoms with Crippen LogP contribution >= 0.6 is 11.3 Å². The summed E-state index contributed by atoms with van der Waals surface area (Å²) < 4.78 is 164. The van der Waals surface area contributed by atoms with Crippen LogP contribution in [-0.2, 0) is 22.4 Å². The summed E-state index contributed by atoms with van der Waals surface area (Å²) in [7, 11) is 0. The zero-order valence-electron chi connectivity index (χ0n) is 16.6. The zero-order valence-corrected chi connectivity index (χ0v) is 17.4. The average molecular weight is 539 g/mol. The van der Waals surface area contributed by atoms with Crippen LogP contribution in [0.3, 0.4) is 0 Å². The second-order valence-electron chi connectivity index (χ2n) is 6.96. The Hall–Kier alpha value is -2.20. The van der Waals surface area contributed by atoms with E-state index in [2.05, 4.69) is 4.74 Å². The van der Waals surface area contributed by atoms with Crippen molar-refractivity contribution in [2.75, 3.05) is 11.9 Å². The van der Waals surface area contributed by atoms with Gasteiger partial charge in [-0.25, -0.2) is 13.6 Å². The van der Waals surface area contributed by atoms with Crippen LogP contribution in [0.15, 0.2) is 0 Å². The highest BCUT2D eigenvalue weighted by atomic mass is 32.1. The van der Waals surface area contributed by atoms with Crippen LogP contribution in [0.4, 0.5) is 57.7 Å². The number of ether oxygens (including phenoxy) is 1. The minimum Gasteiger partial charge on any atom is -0.462 e. The molecule has 0 saturated carbocycles. The monoisotopic (exact) mass is 539 g/mol. The maximum atomic E-state index is 14.1. The molecule has 1 N–H and O–H groups in total. The fraction of sp³-hybridized carbons (Fsp3) is 0.647. The number of hydrogen-bond donors (Lipinski definition) is 1. The molecule has 1 heterocycles. The molecule has 0 bridgehead atoms. The van der Waals surface area contributed by atoms with Gasteiger partial charge < -0.3 is 10.1 Å². The lowest BCUT2D eigenvalue weighted by atomic mass is 9.94. The molecule has 0 spiro atoms. The van der Waals surface area contributed by atoms with Gasteiger partial charge in [-0.3, -0.25) is 4.79 Å². The SMILES string of the molecule is CCOC(=O)c1c(NC(=O)C(F)(F)C(F)(F)C(F)(F)C(F)(F)C(F)(F)C(F)F)sc2c1CCC2. The van der Waals surface area contributed by atoms with Gasteiger partial charge in [-0.2, -0.15) is 43.9 Å². The molecule has 34 heavy (non-hydrogen) atoms. The van der Waals surface area contributed by atoms with Crippen LogP contribution in [0.1, 0.15) is 34.1 Å². The number of thiophene rings is 1. The first-order chi connectivity index (χ1) is 15.3. The molecule has 1 aliphatic rings. The number of carbonyl (C=O) groups is 2. The molecule has 2 rings (SSSR count). The number of nitrogens with one attached hydrogen (secondary N) is 1. The van der Waals surface area contributed by atoms with Gasteiger partial charge in [0.05, 0.1) is 12.2 Å². The van der Waals surface area contributed by atoms with E-state index in [-0.39, 0.29) is 25.0 Å². The van der Waals surface area contributed by atoms with Crippen molar-refractivity contribution in [2.24, 2.45) is 0 Å². The largest absolute Gasteiger partial charge is 0.462 e. The second-order valence-corrected chi connectivity index (χ2v) is 8.06. The van der Waals surface area contributed by atoms with E-state index in [9.17, 15) is 62.3 Å². The number of carbonyl (C=O) groups excluding carboxylic acids is 2. The molecule has 1 amide bonds. The molecule has 17 heteroatoms. The molecule has 0 radical (unpaired) electrons. The minimum atomic E-state index is -7.83. The second kappa shape index (κ2) is 8.78. The van der Waals surface area contributed by atoms with Gasteiger partial charge in [-0.05, 0) is 31.7 Å². The highest BCUT2D eigenvalue weighted by Crippen LogP contribution is 2.58. The first-order valence-corrected chi connectivity index (χ1v) is 9.90. The van der Waals surface area contributed by atoms with Gasteiger partial charge in [0.1, 0.15) is 5.00 Å². The van der Waals surface area contributed by atoms with E-state index < -0.39 is 58.5 Å². The van der Waals surface area contributed by atoms with E-state index in [1.165, 1.54) is 6.92 Å².